The Morgan fingerprint density at radius 1 is 1.43 bits per heavy atom. The van der Waals surface area contributed by atoms with Gasteiger partial charge in [-0.1, -0.05) is 12.1 Å². The Kier molecular flexibility index (Phi) is 5.10. The van der Waals surface area contributed by atoms with E-state index in [1.54, 1.807) is 7.11 Å². The zero-order chi connectivity index (χ0) is 15.5. The van der Waals surface area contributed by atoms with Gasteiger partial charge in [0.15, 0.2) is 0 Å². The quantitative estimate of drug-likeness (QED) is 0.830. The molecule has 2 N–H and O–H groups in total. The Hall–Kier alpha value is -1.28. The van der Waals surface area contributed by atoms with Crippen LogP contribution in [0.3, 0.4) is 0 Å². The average Bonchev–Trinajstić information content (AvgIpc) is 2.47. The van der Waals surface area contributed by atoms with Crippen LogP contribution in [0.4, 0.5) is 4.39 Å². The van der Waals surface area contributed by atoms with E-state index < -0.39 is 15.8 Å². The maximum atomic E-state index is 14.0. The van der Waals surface area contributed by atoms with Gasteiger partial charge in [0.1, 0.15) is 10.7 Å². The number of halogens is 1. The number of benzene rings is 1. The lowest BCUT2D eigenvalue weighted by atomic mass is 10.1. The molecule has 1 aliphatic rings. The molecule has 2 rings (SSSR count). The first-order valence-corrected chi connectivity index (χ1v) is 8.08. The highest BCUT2D eigenvalue weighted by molar-refractivity contribution is 7.89. The van der Waals surface area contributed by atoms with E-state index in [2.05, 4.69) is 0 Å². The van der Waals surface area contributed by atoms with Gasteiger partial charge in [0.25, 0.3) is 0 Å². The lowest BCUT2D eigenvalue weighted by Crippen LogP contribution is -2.35. The number of nitrogens with zero attached hydrogens (tertiary/aromatic N) is 1. The van der Waals surface area contributed by atoms with Crippen molar-refractivity contribution in [1.82, 2.24) is 4.31 Å². The van der Waals surface area contributed by atoms with Crippen molar-refractivity contribution in [2.75, 3.05) is 26.8 Å². The van der Waals surface area contributed by atoms with Crippen LogP contribution in [0.15, 0.2) is 34.7 Å². The molecular weight excluding hydrogens is 295 g/mol. The van der Waals surface area contributed by atoms with E-state index in [-0.39, 0.29) is 18.0 Å². The van der Waals surface area contributed by atoms with Crippen molar-refractivity contribution >= 4 is 10.0 Å². The van der Waals surface area contributed by atoms with E-state index in [0.717, 1.165) is 5.57 Å². The van der Waals surface area contributed by atoms with E-state index in [0.29, 0.717) is 25.1 Å². The molecule has 0 amide bonds. The standard InChI is InChI=1S/C14H19FN2O3S/c1-20-10-11-4-6-17(7-5-11)21(18,19)14-3-2-12(9-16)8-13(14)15/h2-4,8H,5-7,9-10,16H2,1H3. The summed E-state index contributed by atoms with van der Waals surface area (Å²) in [6.07, 6.45) is 2.41. The molecule has 5 nitrogen and oxygen atoms in total. The first-order chi connectivity index (χ1) is 9.98. The highest BCUT2D eigenvalue weighted by Gasteiger charge is 2.28. The van der Waals surface area contributed by atoms with Crippen LogP contribution in [0.25, 0.3) is 0 Å². The predicted molar refractivity (Wildman–Crippen MR) is 77.6 cm³/mol. The Balaban J connectivity index is 2.23. The maximum absolute atomic E-state index is 14.0. The minimum atomic E-state index is -3.82. The Bertz CT molecular complexity index is 644. The summed E-state index contributed by atoms with van der Waals surface area (Å²) in [5, 5.41) is 0. The second kappa shape index (κ2) is 6.65. The summed E-state index contributed by atoms with van der Waals surface area (Å²) in [7, 11) is -2.23. The molecule has 21 heavy (non-hydrogen) atoms. The number of hydrogen-bond donors (Lipinski definition) is 1. The molecular formula is C14H19FN2O3S. The lowest BCUT2D eigenvalue weighted by molar-refractivity contribution is 0.219. The van der Waals surface area contributed by atoms with E-state index >= 15 is 0 Å². The fourth-order valence-electron chi connectivity index (χ4n) is 2.25. The summed E-state index contributed by atoms with van der Waals surface area (Å²) in [5.41, 5.74) is 7.04. The van der Waals surface area contributed by atoms with Crippen LogP contribution < -0.4 is 5.73 Å². The Labute approximate surface area is 124 Å². The summed E-state index contributed by atoms with van der Waals surface area (Å²) in [6.45, 7) is 1.23. The normalized spacial score (nSPS) is 16.8. The number of rotatable bonds is 5. The molecule has 0 aliphatic carbocycles. The van der Waals surface area contributed by atoms with E-state index in [9.17, 15) is 12.8 Å². The highest BCUT2D eigenvalue weighted by Crippen LogP contribution is 2.23. The van der Waals surface area contributed by atoms with Crippen LogP contribution >= 0.6 is 0 Å². The average molecular weight is 314 g/mol. The minimum absolute atomic E-state index is 0.171. The number of nitrogens with two attached hydrogens (primary N) is 1. The number of hydrogen-bond acceptors (Lipinski definition) is 4. The van der Waals surface area contributed by atoms with Gasteiger partial charge < -0.3 is 10.5 Å². The SMILES string of the molecule is COCC1=CCN(S(=O)(=O)c2ccc(CN)cc2F)CC1. The first-order valence-electron chi connectivity index (χ1n) is 6.64. The van der Waals surface area contributed by atoms with Gasteiger partial charge in [0.05, 0.1) is 6.61 Å². The van der Waals surface area contributed by atoms with Crippen molar-refractivity contribution in [2.24, 2.45) is 5.73 Å². The number of sulfonamides is 1. The van der Waals surface area contributed by atoms with Gasteiger partial charge in [0, 0.05) is 26.7 Å². The van der Waals surface area contributed by atoms with Gasteiger partial charge in [0.2, 0.25) is 10.0 Å². The van der Waals surface area contributed by atoms with E-state index in [1.807, 2.05) is 6.08 Å². The molecule has 1 heterocycles. The van der Waals surface area contributed by atoms with Crippen molar-refractivity contribution in [3.63, 3.8) is 0 Å². The molecule has 116 valence electrons. The molecule has 0 atom stereocenters. The monoisotopic (exact) mass is 314 g/mol. The molecule has 0 unspecified atom stereocenters. The molecule has 0 saturated heterocycles. The third-order valence-corrected chi connectivity index (χ3v) is 5.34. The predicted octanol–water partition coefficient (Wildman–Crippen LogP) is 1.25. The van der Waals surface area contributed by atoms with E-state index in [4.69, 9.17) is 10.5 Å². The maximum Gasteiger partial charge on any atom is 0.246 e. The Morgan fingerprint density at radius 3 is 2.71 bits per heavy atom. The van der Waals surface area contributed by atoms with Gasteiger partial charge in [-0.2, -0.15) is 4.31 Å². The smallest absolute Gasteiger partial charge is 0.246 e. The van der Waals surface area contributed by atoms with Crippen molar-refractivity contribution in [2.45, 2.75) is 17.9 Å². The second-order valence-corrected chi connectivity index (χ2v) is 6.78. The van der Waals surface area contributed by atoms with Crippen molar-refractivity contribution < 1.29 is 17.5 Å². The Morgan fingerprint density at radius 2 is 2.19 bits per heavy atom. The summed E-state index contributed by atoms with van der Waals surface area (Å²) < 4.78 is 45.2. The van der Waals surface area contributed by atoms with E-state index in [1.165, 1.54) is 22.5 Å². The molecule has 1 aliphatic heterocycles. The van der Waals surface area contributed by atoms with Gasteiger partial charge in [-0.3, -0.25) is 0 Å². The zero-order valence-corrected chi connectivity index (χ0v) is 12.7. The molecule has 0 aromatic heterocycles. The van der Waals surface area contributed by atoms with Gasteiger partial charge in [-0.25, -0.2) is 12.8 Å². The van der Waals surface area contributed by atoms with Crippen LogP contribution in [0.2, 0.25) is 0 Å². The second-order valence-electron chi connectivity index (χ2n) is 4.88. The number of methoxy groups -OCH3 is 1. The van der Waals surface area contributed by atoms with Crippen LogP contribution in [0.1, 0.15) is 12.0 Å². The van der Waals surface area contributed by atoms with Gasteiger partial charge >= 0.3 is 0 Å². The lowest BCUT2D eigenvalue weighted by Gasteiger charge is -2.25. The molecule has 1 aromatic rings. The summed E-state index contributed by atoms with van der Waals surface area (Å²) >= 11 is 0. The molecule has 1 aromatic carbocycles. The van der Waals surface area contributed by atoms with Crippen LogP contribution in [-0.4, -0.2) is 39.5 Å². The van der Waals surface area contributed by atoms with Gasteiger partial charge in [-0.05, 0) is 29.7 Å². The molecule has 0 bridgehead atoms. The highest BCUT2D eigenvalue weighted by atomic mass is 32.2. The molecule has 7 heteroatoms. The van der Waals surface area contributed by atoms with Crippen molar-refractivity contribution in [3.05, 3.63) is 41.2 Å². The summed E-state index contributed by atoms with van der Waals surface area (Å²) in [6, 6.07) is 3.98. The zero-order valence-electron chi connectivity index (χ0n) is 11.9. The summed E-state index contributed by atoms with van der Waals surface area (Å²) in [5.74, 6) is -0.760. The third-order valence-electron chi connectivity index (χ3n) is 3.45. The molecule has 0 spiro atoms. The van der Waals surface area contributed by atoms with Crippen molar-refractivity contribution in [1.29, 1.82) is 0 Å². The summed E-state index contributed by atoms with van der Waals surface area (Å²) in [4.78, 5) is -0.303. The van der Waals surface area contributed by atoms with Crippen molar-refractivity contribution in [3.8, 4) is 0 Å². The molecule has 0 saturated carbocycles. The fourth-order valence-corrected chi connectivity index (χ4v) is 3.67. The van der Waals surface area contributed by atoms with Gasteiger partial charge in [-0.15, -0.1) is 0 Å². The van der Waals surface area contributed by atoms with Crippen LogP contribution in [0.5, 0.6) is 0 Å². The number of ether oxygens (including phenoxy) is 1. The minimum Gasteiger partial charge on any atom is -0.380 e. The molecule has 0 radical (unpaired) electrons. The molecule has 0 fully saturated rings. The topological polar surface area (TPSA) is 72.6 Å². The third kappa shape index (κ3) is 3.49. The van der Waals surface area contributed by atoms with Crippen LogP contribution in [-0.2, 0) is 21.3 Å². The fraction of sp³-hybridized carbons (Fsp3) is 0.429. The van der Waals surface area contributed by atoms with Crippen LogP contribution in [0, 0.1) is 5.82 Å². The first kappa shape index (κ1) is 16.1. The largest absolute Gasteiger partial charge is 0.380 e.